The second-order valence-electron chi connectivity index (χ2n) is 5.73. The lowest BCUT2D eigenvalue weighted by Gasteiger charge is -2.22. The molecule has 3 rings (SSSR count). The van der Waals surface area contributed by atoms with Gasteiger partial charge in [0.15, 0.2) is 5.82 Å². The highest BCUT2D eigenvalue weighted by Gasteiger charge is 2.34. The molecule has 0 unspecified atom stereocenters. The van der Waals surface area contributed by atoms with E-state index in [0.29, 0.717) is 0 Å². The zero-order valence-electron chi connectivity index (χ0n) is 14.6. The van der Waals surface area contributed by atoms with Crippen LogP contribution in [0, 0.1) is 5.82 Å². The van der Waals surface area contributed by atoms with Gasteiger partial charge in [0.2, 0.25) is 10.0 Å². The summed E-state index contributed by atoms with van der Waals surface area (Å²) >= 11 is 0. The maximum Gasteiger partial charge on any atom is 0.322 e. The molecular formula is C16H16FN5O5S. The first kappa shape index (κ1) is 19.6. The maximum absolute atomic E-state index is 12.8. The van der Waals surface area contributed by atoms with Crippen molar-refractivity contribution in [2.45, 2.75) is 17.9 Å². The molecular weight excluding hydrogens is 393 g/mol. The van der Waals surface area contributed by atoms with Crippen molar-refractivity contribution in [1.29, 1.82) is 0 Å². The summed E-state index contributed by atoms with van der Waals surface area (Å²) in [6.45, 7) is 1.53. The van der Waals surface area contributed by atoms with Crippen LogP contribution in [0.1, 0.15) is 6.92 Å². The van der Waals surface area contributed by atoms with Crippen molar-refractivity contribution < 1.29 is 27.1 Å². The molecule has 2 N–H and O–H groups in total. The lowest BCUT2D eigenvalue weighted by Crippen LogP contribution is -2.44. The number of nitrogens with zero attached hydrogens (tertiary/aromatic N) is 3. The van der Waals surface area contributed by atoms with E-state index in [1.165, 1.54) is 24.3 Å². The number of halogens is 1. The summed E-state index contributed by atoms with van der Waals surface area (Å²) in [6.07, 6.45) is 1.89. The molecule has 148 valence electrons. The molecule has 0 spiro atoms. The number of nitrogens with one attached hydrogen (secondary N) is 2. The van der Waals surface area contributed by atoms with Crippen LogP contribution in [-0.4, -0.2) is 53.8 Å². The van der Waals surface area contributed by atoms with Gasteiger partial charge in [-0.25, -0.2) is 27.6 Å². The van der Waals surface area contributed by atoms with E-state index in [0.717, 1.165) is 16.7 Å². The highest BCUT2D eigenvalue weighted by molar-refractivity contribution is 7.89. The fourth-order valence-electron chi connectivity index (χ4n) is 2.48. The molecule has 1 saturated heterocycles. The standard InChI is InChI=1S/C16H16FN5O5S/c1-2-22(9-13-14(23)21-15(24)20-13)28(25,26)12-5-3-11(4-6-12)27-16-18-7-10(17)8-19-16/h3-8,13H,2,9H2,1H3,(H2,20,21,23,24)/t13-/m0/s1. The number of amides is 3. The smallest absolute Gasteiger partial charge is 0.322 e. The average Bonchev–Trinajstić information content (AvgIpc) is 2.99. The number of benzene rings is 1. The van der Waals surface area contributed by atoms with Gasteiger partial charge in [0.05, 0.1) is 17.3 Å². The number of urea groups is 1. The minimum atomic E-state index is -3.91. The summed E-state index contributed by atoms with van der Waals surface area (Å²) in [6, 6.07) is 3.74. The van der Waals surface area contributed by atoms with E-state index in [1.54, 1.807) is 6.92 Å². The predicted octanol–water partition coefficient (Wildman–Crippen LogP) is 0.627. The highest BCUT2D eigenvalue weighted by atomic mass is 32.2. The zero-order valence-corrected chi connectivity index (χ0v) is 15.4. The van der Waals surface area contributed by atoms with Gasteiger partial charge in [-0.2, -0.15) is 4.31 Å². The topological polar surface area (TPSA) is 131 Å². The molecule has 1 fully saturated rings. The number of ether oxygens (including phenoxy) is 1. The molecule has 1 aliphatic heterocycles. The Kier molecular flexibility index (Phi) is 5.51. The van der Waals surface area contributed by atoms with Gasteiger partial charge in [0, 0.05) is 13.1 Å². The van der Waals surface area contributed by atoms with Crippen LogP contribution in [0.2, 0.25) is 0 Å². The second-order valence-corrected chi connectivity index (χ2v) is 7.67. The molecule has 2 aromatic rings. The van der Waals surface area contributed by atoms with Crippen LogP contribution < -0.4 is 15.4 Å². The second kappa shape index (κ2) is 7.86. The largest absolute Gasteiger partial charge is 0.424 e. The molecule has 0 aliphatic carbocycles. The Bertz CT molecular complexity index is 981. The molecule has 2 heterocycles. The van der Waals surface area contributed by atoms with Gasteiger partial charge in [-0.15, -0.1) is 0 Å². The van der Waals surface area contributed by atoms with Crippen LogP contribution >= 0.6 is 0 Å². The van der Waals surface area contributed by atoms with Crippen molar-refractivity contribution in [2.24, 2.45) is 0 Å². The van der Waals surface area contributed by atoms with E-state index in [-0.39, 0.29) is 29.7 Å². The number of rotatable bonds is 7. The number of imide groups is 1. The molecule has 1 aromatic heterocycles. The number of sulfonamides is 1. The van der Waals surface area contributed by atoms with Crippen LogP contribution in [-0.2, 0) is 14.8 Å². The Hall–Kier alpha value is -3.12. The Morgan fingerprint density at radius 3 is 2.36 bits per heavy atom. The van der Waals surface area contributed by atoms with Crippen LogP contribution in [0.4, 0.5) is 9.18 Å². The van der Waals surface area contributed by atoms with Crippen LogP contribution in [0.15, 0.2) is 41.6 Å². The summed E-state index contributed by atoms with van der Waals surface area (Å²) in [5.74, 6) is -0.932. The minimum Gasteiger partial charge on any atom is -0.424 e. The molecule has 1 aliphatic rings. The SMILES string of the molecule is CCN(C[C@@H]1NC(=O)NC1=O)S(=O)(=O)c1ccc(Oc2ncc(F)cn2)cc1. The maximum atomic E-state index is 12.8. The van der Waals surface area contributed by atoms with Crippen molar-refractivity contribution in [3.63, 3.8) is 0 Å². The molecule has 0 radical (unpaired) electrons. The Morgan fingerprint density at radius 1 is 1.18 bits per heavy atom. The first-order valence-electron chi connectivity index (χ1n) is 8.16. The number of aromatic nitrogens is 2. The van der Waals surface area contributed by atoms with E-state index in [2.05, 4.69) is 20.6 Å². The number of likely N-dealkylation sites (N-methyl/N-ethyl adjacent to an activating group) is 1. The van der Waals surface area contributed by atoms with Gasteiger partial charge in [-0.1, -0.05) is 6.92 Å². The van der Waals surface area contributed by atoms with E-state index in [4.69, 9.17) is 4.74 Å². The summed E-state index contributed by atoms with van der Waals surface area (Å²) in [5.41, 5.74) is 0. The Labute approximate surface area is 159 Å². The van der Waals surface area contributed by atoms with Gasteiger partial charge in [0.1, 0.15) is 11.8 Å². The normalized spacial score (nSPS) is 16.8. The van der Waals surface area contributed by atoms with Gasteiger partial charge >= 0.3 is 12.0 Å². The quantitative estimate of drug-likeness (QED) is 0.641. The van der Waals surface area contributed by atoms with Crippen molar-refractivity contribution in [1.82, 2.24) is 24.9 Å². The molecule has 0 bridgehead atoms. The van der Waals surface area contributed by atoms with E-state index >= 15 is 0 Å². The summed E-state index contributed by atoms with van der Waals surface area (Å²) in [7, 11) is -3.91. The van der Waals surface area contributed by atoms with Gasteiger partial charge in [-0.3, -0.25) is 10.1 Å². The van der Waals surface area contributed by atoms with Gasteiger partial charge in [0.25, 0.3) is 5.91 Å². The fraction of sp³-hybridized carbons (Fsp3) is 0.250. The number of hydrogen-bond acceptors (Lipinski definition) is 7. The molecule has 0 saturated carbocycles. The van der Waals surface area contributed by atoms with Crippen LogP contribution in [0.25, 0.3) is 0 Å². The lowest BCUT2D eigenvalue weighted by atomic mass is 10.3. The third-order valence-electron chi connectivity index (χ3n) is 3.86. The fourth-order valence-corrected chi connectivity index (χ4v) is 3.94. The summed E-state index contributed by atoms with van der Waals surface area (Å²) < 4.78 is 44.9. The molecule has 12 heteroatoms. The third-order valence-corrected chi connectivity index (χ3v) is 5.82. The van der Waals surface area contributed by atoms with Crippen LogP contribution in [0.5, 0.6) is 11.8 Å². The summed E-state index contributed by atoms with van der Waals surface area (Å²) in [4.78, 5) is 30.2. The number of carbonyl (C=O) groups excluding carboxylic acids is 2. The molecule has 10 nitrogen and oxygen atoms in total. The lowest BCUT2D eigenvalue weighted by molar-refractivity contribution is -0.120. The third kappa shape index (κ3) is 4.23. The Morgan fingerprint density at radius 2 is 1.82 bits per heavy atom. The van der Waals surface area contributed by atoms with Crippen molar-refractivity contribution in [3.05, 3.63) is 42.5 Å². The first-order chi connectivity index (χ1) is 13.3. The summed E-state index contributed by atoms with van der Waals surface area (Å²) in [5, 5.41) is 4.43. The van der Waals surface area contributed by atoms with E-state index < -0.39 is 33.8 Å². The predicted molar refractivity (Wildman–Crippen MR) is 93.4 cm³/mol. The zero-order chi connectivity index (χ0) is 20.3. The van der Waals surface area contributed by atoms with Crippen molar-refractivity contribution in [2.75, 3.05) is 13.1 Å². The van der Waals surface area contributed by atoms with E-state index in [1.807, 2.05) is 0 Å². The monoisotopic (exact) mass is 409 g/mol. The average molecular weight is 409 g/mol. The number of hydrogen-bond donors (Lipinski definition) is 2. The molecule has 1 atom stereocenters. The molecule has 28 heavy (non-hydrogen) atoms. The van der Waals surface area contributed by atoms with Crippen molar-refractivity contribution >= 4 is 22.0 Å². The van der Waals surface area contributed by atoms with Gasteiger partial charge < -0.3 is 10.1 Å². The first-order valence-corrected chi connectivity index (χ1v) is 9.60. The Balaban J connectivity index is 1.74. The minimum absolute atomic E-state index is 0.0218. The van der Waals surface area contributed by atoms with Crippen molar-refractivity contribution in [3.8, 4) is 11.8 Å². The van der Waals surface area contributed by atoms with Crippen LogP contribution in [0.3, 0.4) is 0 Å². The number of carbonyl (C=O) groups is 2. The molecule has 3 amide bonds. The van der Waals surface area contributed by atoms with Gasteiger partial charge in [-0.05, 0) is 24.3 Å². The highest BCUT2D eigenvalue weighted by Crippen LogP contribution is 2.22. The molecule has 1 aromatic carbocycles. The van der Waals surface area contributed by atoms with E-state index in [9.17, 15) is 22.4 Å².